The number of hydrogen-bond donors (Lipinski definition) is 3. The predicted octanol–water partition coefficient (Wildman–Crippen LogP) is 0.577. The minimum atomic E-state index is -0.228. The fourth-order valence-corrected chi connectivity index (χ4v) is 2.65. The van der Waals surface area contributed by atoms with Crippen molar-refractivity contribution in [3.05, 3.63) is 34.7 Å². The van der Waals surface area contributed by atoms with Crippen LogP contribution in [0.2, 0.25) is 0 Å². The van der Waals surface area contributed by atoms with Gasteiger partial charge in [-0.3, -0.25) is 4.98 Å². The Kier molecular flexibility index (Phi) is 3.09. The Morgan fingerprint density at radius 2 is 1.80 bits per heavy atom. The van der Waals surface area contributed by atoms with Crippen LogP contribution in [0.1, 0.15) is 18.9 Å². The van der Waals surface area contributed by atoms with Gasteiger partial charge in [0.2, 0.25) is 5.95 Å². The molecule has 1 aromatic heterocycles. The zero-order valence-electron chi connectivity index (χ0n) is 11.1. The lowest BCUT2D eigenvalue weighted by molar-refractivity contribution is 0.358. The van der Waals surface area contributed by atoms with Gasteiger partial charge in [-0.05, 0) is 37.1 Å². The maximum Gasteiger partial charge on any atom is 0.344 e. The summed E-state index contributed by atoms with van der Waals surface area (Å²) in [6.07, 6.45) is 1.74. The van der Waals surface area contributed by atoms with Crippen LogP contribution in [0.4, 0.5) is 17.3 Å². The molecule has 0 saturated carbocycles. The molecule has 2 aromatic rings. The molecule has 0 atom stereocenters. The van der Waals surface area contributed by atoms with Crippen LogP contribution in [0.3, 0.4) is 0 Å². The molecule has 3 rings (SSSR count). The summed E-state index contributed by atoms with van der Waals surface area (Å²) in [7, 11) is 0. The van der Waals surface area contributed by atoms with Crippen molar-refractivity contribution in [3.63, 3.8) is 0 Å². The first-order chi connectivity index (χ1) is 9.63. The van der Waals surface area contributed by atoms with Crippen molar-refractivity contribution in [2.45, 2.75) is 18.9 Å². The Labute approximate surface area is 116 Å². The average molecular weight is 274 g/mol. The molecule has 0 bridgehead atoms. The highest BCUT2D eigenvalue weighted by Crippen LogP contribution is 2.25. The Bertz CT molecular complexity index is 636. The van der Waals surface area contributed by atoms with Crippen LogP contribution in [-0.4, -0.2) is 27.9 Å². The summed E-state index contributed by atoms with van der Waals surface area (Å²) >= 11 is 0. The van der Waals surface area contributed by atoms with E-state index in [1.54, 1.807) is 0 Å². The van der Waals surface area contributed by atoms with Gasteiger partial charge in [0.05, 0.1) is 6.04 Å². The van der Waals surface area contributed by atoms with E-state index in [-0.39, 0.29) is 17.7 Å². The number of anilines is 3. The summed E-state index contributed by atoms with van der Waals surface area (Å²) in [5.74, 6) is 0.177. The number of H-pyrrole nitrogens is 1. The van der Waals surface area contributed by atoms with Gasteiger partial charge in [-0.1, -0.05) is 0 Å². The summed E-state index contributed by atoms with van der Waals surface area (Å²) in [5, 5.41) is 4.03. The summed E-state index contributed by atoms with van der Waals surface area (Å²) in [6.45, 7) is 1.77. The number of benzene rings is 1. The number of nitrogens with two attached hydrogens (primary N) is 2. The highest BCUT2D eigenvalue weighted by Gasteiger charge is 2.23. The molecule has 1 aromatic carbocycles. The quantitative estimate of drug-likeness (QED) is 0.694. The number of rotatable bonds is 2. The Morgan fingerprint density at radius 3 is 2.35 bits per heavy atom. The highest BCUT2D eigenvalue weighted by molar-refractivity contribution is 5.53. The lowest BCUT2D eigenvalue weighted by atomic mass is 10.0. The van der Waals surface area contributed by atoms with Gasteiger partial charge in [-0.2, -0.15) is 0 Å². The van der Waals surface area contributed by atoms with E-state index in [2.05, 4.69) is 15.0 Å². The SMILES string of the molecule is Nc1ccc(N2CCC(n3nc(N)[nH]c3=O)CC2)cc1. The van der Waals surface area contributed by atoms with E-state index in [4.69, 9.17) is 11.5 Å². The largest absolute Gasteiger partial charge is 0.399 e. The maximum atomic E-state index is 11.7. The summed E-state index contributed by atoms with van der Waals surface area (Å²) in [6, 6.07) is 7.96. The Morgan fingerprint density at radius 1 is 1.15 bits per heavy atom. The second-order valence-corrected chi connectivity index (χ2v) is 5.07. The topological polar surface area (TPSA) is 106 Å². The van der Waals surface area contributed by atoms with E-state index >= 15 is 0 Å². The van der Waals surface area contributed by atoms with E-state index in [1.807, 2.05) is 24.3 Å². The number of nitrogens with one attached hydrogen (secondary N) is 1. The molecule has 1 saturated heterocycles. The number of nitrogen functional groups attached to an aromatic ring is 2. The number of aromatic amines is 1. The fourth-order valence-electron chi connectivity index (χ4n) is 2.65. The van der Waals surface area contributed by atoms with Crippen molar-refractivity contribution in [2.75, 3.05) is 29.5 Å². The monoisotopic (exact) mass is 274 g/mol. The minimum Gasteiger partial charge on any atom is -0.399 e. The fraction of sp³-hybridized carbons (Fsp3) is 0.385. The van der Waals surface area contributed by atoms with Gasteiger partial charge in [-0.15, -0.1) is 5.10 Å². The number of nitrogens with zero attached hydrogens (tertiary/aromatic N) is 3. The molecular weight excluding hydrogens is 256 g/mol. The van der Waals surface area contributed by atoms with Crippen molar-refractivity contribution >= 4 is 17.3 Å². The molecule has 106 valence electrons. The van der Waals surface area contributed by atoms with Crippen LogP contribution >= 0.6 is 0 Å². The van der Waals surface area contributed by atoms with Gasteiger partial charge in [0, 0.05) is 24.5 Å². The molecule has 1 aliphatic heterocycles. The molecule has 7 nitrogen and oxygen atoms in total. The molecule has 0 amide bonds. The second-order valence-electron chi connectivity index (χ2n) is 5.07. The van der Waals surface area contributed by atoms with Crippen LogP contribution in [0.15, 0.2) is 29.1 Å². The zero-order chi connectivity index (χ0) is 14.1. The molecule has 2 heterocycles. The third-order valence-electron chi connectivity index (χ3n) is 3.73. The third-order valence-corrected chi connectivity index (χ3v) is 3.73. The van der Waals surface area contributed by atoms with Gasteiger partial charge in [0.1, 0.15) is 0 Å². The van der Waals surface area contributed by atoms with Crippen LogP contribution in [0, 0.1) is 0 Å². The van der Waals surface area contributed by atoms with Crippen LogP contribution in [0.25, 0.3) is 0 Å². The van der Waals surface area contributed by atoms with Crippen molar-refractivity contribution < 1.29 is 0 Å². The van der Waals surface area contributed by atoms with E-state index in [0.29, 0.717) is 0 Å². The average Bonchev–Trinajstić information content (AvgIpc) is 2.79. The lowest BCUT2D eigenvalue weighted by Crippen LogP contribution is -2.37. The van der Waals surface area contributed by atoms with Crippen molar-refractivity contribution in [1.29, 1.82) is 0 Å². The number of piperidine rings is 1. The van der Waals surface area contributed by atoms with Crippen molar-refractivity contribution in [1.82, 2.24) is 14.8 Å². The van der Waals surface area contributed by atoms with Crippen LogP contribution in [-0.2, 0) is 0 Å². The van der Waals surface area contributed by atoms with Gasteiger partial charge < -0.3 is 16.4 Å². The van der Waals surface area contributed by atoms with Crippen molar-refractivity contribution in [2.24, 2.45) is 0 Å². The standard InChI is InChI=1S/C13H18N6O/c14-9-1-3-10(4-2-9)18-7-5-11(6-8-18)19-13(20)16-12(15)17-19/h1-4,11H,5-8,14H2,(H3,15,16,17,20). The molecule has 5 N–H and O–H groups in total. The van der Waals surface area contributed by atoms with Crippen LogP contribution in [0.5, 0.6) is 0 Å². The van der Waals surface area contributed by atoms with Gasteiger partial charge >= 0.3 is 5.69 Å². The van der Waals surface area contributed by atoms with Crippen LogP contribution < -0.4 is 22.1 Å². The van der Waals surface area contributed by atoms with Gasteiger partial charge in [0.25, 0.3) is 0 Å². The number of hydrogen-bond acceptors (Lipinski definition) is 5. The molecule has 20 heavy (non-hydrogen) atoms. The molecule has 0 spiro atoms. The Hall–Kier alpha value is -2.44. The summed E-state index contributed by atoms with van der Waals surface area (Å²) in [4.78, 5) is 16.5. The third kappa shape index (κ3) is 2.34. The van der Waals surface area contributed by atoms with Crippen molar-refractivity contribution in [3.8, 4) is 0 Å². The lowest BCUT2D eigenvalue weighted by Gasteiger charge is -2.33. The Balaban J connectivity index is 1.69. The molecule has 7 heteroatoms. The minimum absolute atomic E-state index is 0.112. The normalized spacial score (nSPS) is 16.5. The van der Waals surface area contributed by atoms with E-state index in [9.17, 15) is 4.79 Å². The summed E-state index contributed by atoms with van der Waals surface area (Å²) < 4.78 is 1.47. The smallest absolute Gasteiger partial charge is 0.344 e. The van der Waals surface area contributed by atoms with E-state index < -0.39 is 0 Å². The summed E-state index contributed by atoms with van der Waals surface area (Å²) in [5.41, 5.74) is 12.9. The first kappa shape index (κ1) is 12.6. The van der Waals surface area contributed by atoms with Gasteiger partial charge in [-0.25, -0.2) is 9.48 Å². The molecule has 0 unspecified atom stereocenters. The zero-order valence-corrected chi connectivity index (χ0v) is 11.1. The number of aromatic nitrogens is 3. The van der Waals surface area contributed by atoms with Gasteiger partial charge in [0.15, 0.2) is 0 Å². The molecule has 1 fully saturated rings. The molecule has 0 radical (unpaired) electrons. The predicted molar refractivity (Wildman–Crippen MR) is 78.6 cm³/mol. The first-order valence-electron chi connectivity index (χ1n) is 6.68. The van der Waals surface area contributed by atoms with E-state index in [1.165, 1.54) is 4.68 Å². The second kappa shape index (κ2) is 4.92. The molecule has 0 aliphatic carbocycles. The molecule has 1 aliphatic rings. The maximum absolute atomic E-state index is 11.7. The molecular formula is C13H18N6O. The first-order valence-corrected chi connectivity index (χ1v) is 6.68. The highest BCUT2D eigenvalue weighted by atomic mass is 16.2. The van der Waals surface area contributed by atoms with E-state index in [0.717, 1.165) is 37.3 Å².